The Labute approximate surface area is 137 Å². The second-order valence-electron chi connectivity index (χ2n) is 4.78. The first-order chi connectivity index (χ1) is 11.2. The maximum absolute atomic E-state index is 12.9. The number of rotatable bonds is 5. The first-order valence-electron chi connectivity index (χ1n) is 6.90. The van der Waals surface area contributed by atoms with Crippen molar-refractivity contribution in [2.75, 3.05) is 10.6 Å². The van der Waals surface area contributed by atoms with E-state index in [1.54, 1.807) is 24.3 Å². The zero-order valence-electron chi connectivity index (χ0n) is 12.0. The van der Waals surface area contributed by atoms with Gasteiger partial charge in [0.2, 0.25) is 5.95 Å². The second kappa shape index (κ2) is 7.02. The van der Waals surface area contributed by atoms with Crippen LogP contribution < -0.4 is 10.6 Å². The summed E-state index contributed by atoms with van der Waals surface area (Å²) in [7, 11) is 0. The largest absolute Gasteiger partial charge is 0.349 e. The SMILES string of the molecule is Fc1ccc(CNc2nncc(Nc3cccc(Cl)c3)n2)cc1. The lowest BCUT2D eigenvalue weighted by atomic mass is 10.2. The monoisotopic (exact) mass is 329 g/mol. The molecule has 5 nitrogen and oxygen atoms in total. The molecule has 1 aromatic heterocycles. The molecule has 0 spiro atoms. The van der Waals surface area contributed by atoms with Crippen LogP contribution in [-0.2, 0) is 6.54 Å². The van der Waals surface area contributed by atoms with Gasteiger partial charge in [-0.2, -0.15) is 10.1 Å². The zero-order chi connectivity index (χ0) is 16.1. The van der Waals surface area contributed by atoms with E-state index in [1.807, 2.05) is 12.1 Å². The number of hydrogen-bond donors (Lipinski definition) is 2. The van der Waals surface area contributed by atoms with E-state index in [0.717, 1.165) is 11.3 Å². The third-order valence-corrected chi connectivity index (χ3v) is 3.25. The van der Waals surface area contributed by atoms with Crippen LogP contribution >= 0.6 is 11.6 Å². The number of nitrogens with one attached hydrogen (secondary N) is 2. The van der Waals surface area contributed by atoms with E-state index in [2.05, 4.69) is 25.8 Å². The van der Waals surface area contributed by atoms with Crippen LogP contribution in [0.25, 0.3) is 0 Å². The molecule has 0 fully saturated rings. The normalized spacial score (nSPS) is 10.3. The highest BCUT2D eigenvalue weighted by molar-refractivity contribution is 6.30. The summed E-state index contributed by atoms with van der Waals surface area (Å²) in [6, 6.07) is 13.5. The molecule has 0 saturated carbocycles. The molecule has 0 atom stereocenters. The Morgan fingerprint density at radius 1 is 1.09 bits per heavy atom. The summed E-state index contributed by atoms with van der Waals surface area (Å²) in [5.74, 6) is 0.657. The second-order valence-corrected chi connectivity index (χ2v) is 5.22. The molecule has 3 rings (SSSR count). The van der Waals surface area contributed by atoms with Crippen molar-refractivity contribution in [1.29, 1.82) is 0 Å². The van der Waals surface area contributed by atoms with Crippen molar-refractivity contribution >= 4 is 29.1 Å². The fourth-order valence-electron chi connectivity index (χ4n) is 1.94. The van der Waals surface area contributed by atoms with Gasteiger partial charge in [-0.05, 0) is 35.9 Å². The van der Waals surface area contributed by atoms with Crippen molar-refractivity contribution in [3.8, 4) is 0 Å². The summed E-state index contributed by atoms with van der Waals surface area (Å²) in [6.07, 6.45) is 1.52. The number of anilines is 3. The third kappa shape index (κ3) is 4.37. The zero-order valence-corrected chi connectivity index (χ0v) is 12.8. The molecule has 0 amide bonds. The third-order valence-electron chi connectivity index (χ3n) is 3.02. The predicted molar refractivity (Wildman–Crippen MR) is 88.3 cm³/mol. The highest BCUT2D eigenvalue weighted by Gasteiger charge is 2.02. The highest BCUT2D eigenvalue weighted by atomic mass is 35.5. The van der Waals surface area contributed by atoms with Gasteiger partial charge in [0.05, 0.1) is 6.20 Å². The molecule has 0 unspecified atom stereocenters. The molecular weight excluding hydrogens is 317 g/mol. The molecule has 0 aliphatic rings. The summed E-state index contributed by atoms with van der Waals surface area (Å²) >= 11 is 5.94. The lowest BCUT2D eigenvalue weighted by Crippen LogP contribution is -2.06. The number of nitrogens with zero attached hydrogens (tertiary/aromatic N) is 3. The Kier molecular flexibility index (Phi) is 4.63. The van der Waals surface area contributed by atoms with Crippen LogP contribution in [0.5, 0.6) is 0 Å². The van der Waals surface area contributed by atoms with Crippen molar-refractivity contribution < 1.29 is 4.39 Å². The Bertz CT molecular complexity index is 794. The van der Waals surface area contributed by atoms with E-state index < -0.39 is 0 Å². The molecule has 0 radical (unpaired) electrons. The lowest BCUT2D eigenvalue weighted by molar-refractivity contribution is 0.627. The average molecular weight is 330 g/mol. The highest BCUT2D eigenvalue weighted by Crippen LogP contribution is 2.18. The first kappa shape index (κ1) is 15.2. The van der Waals surface area contributed by atoms with Crippen LogP contribution in [0.3, 0.4) is 0 Å². The quantitative estimate of drug-likeness (QED) is 0.740. The Balaban J connectivity index is 1.66. The van der Waals surface area contributed by atoms with Gasteiger partial charge < -0.3 is 10.6 Å². The molecule has 0 bridgehead atoms. The number of hydrogen-bond acceptors (Lipinski definition) is 5. The van der Waals surface area contributed by atoms with Gasteiger partial charge in [0.25, 0.3) is 0 Å². The molecule has 0 aliphatic carbocycles. The minimum absolute atomic E-state index is 0.264. The van der Waals surface area contributed by atoms with E-state index in [-0.39, 0.29) is 5.82 Å². The molecule has 23 heavy (non-hydrogen) atoms. The van der Waals surface area contributed by atoms with E-state index >= 15 is 0 Å². The minimum Gasteiger partial charge on any atom is -0.349 e. The van der Waals surface area contributed by atoms with Gasteiger partial charge in [-0.3, -0.25) is 0 Å². The van der Waals surface area contributed by atoms with E-state index in [1.165, 1.54) is 18.3 Å². The van der Waals surface area contributed by atoms with Gasteiger partial charge in [-0.15, -0.1) is 5.10 Å². The van der Waals surface area contributed by atoms with Crippen LogP contribution in [0.4, 0.5) is 21.8 Å². The van der Waals surface area contributed by atoms with Crippen LogP contribution in [-0.4, -0.2) is 15.2 Å². The van der Waals surface area contributed by atoms with Gasteiger partial charge in [-0.25, -0.2) is 4.39 Å². The van der Waals surface area contributed by atoms with Crippen LogP contribution in [0.2, 0.25) is 5.02 Å². The molecule has 1 heterocycles. The lowest BCUT2D eigenvalue weighted by Gasteiger charge is -2.08. The van der Waals surface area contributed by atoms with E-state index in [0.29, 0.717) is 23.3 Å². The Hall–Kier alpha value is -2.73. The summed E-state index contributed by atoms with van der Waals surface area (Å²) in [5.41, 5.74) is 1.73. The molecule has 7 heteroatoms. The number of aromatic nitrogens is 3. The summed E-state index contributed by atoms with van der Waals surface area (Å²) in [4.78, 5) is 4.32. The van der Waals surface area contributed by atoms with Crippen molar-refractivity contribution in [3.05, 3.63) is 71.1 Å². The van der Waals surface area contributed by atoms with E-state index in [9.17, 15) is 4.39 Å². The topological polar surface area (TPSA) is 62.7 Å². The first-order valence-corrected chi connectivity index (χ1v) is 7.27. The number of benzene rings is 2. The van der Waals surface area contributed by atoms with Crippen LogP contribution in [0, 0.1) is 5.82 Å². The number of halogens is 2. The maximum atomic E-state index is 12.9. The van der Waals surface area contributed by atoms with Crippen molar-refractivity contribution in [3.63, 3.8) is 0 Å². The molecular formula is C16H13ClFN5. The molecule has 2 aromatic carbocycles. The van der Waals surface area contributed by atoms with Gasteiger partial charge in [0, 0.05) is 17.3 Å². The summed E-state index contributed by atoms with van der Waals surface area (Å²) in [6.45, 7) is 0.475. The fraction of sp³-hybridized carbons (Fsp3) is 0.0625. The van der Waals surface area contributed by atoms with Gasteiger partial charge in [0.15, 0.2) is 5.82 Å². The fourth-order valence-corrected chi connectivity index (χ4v) is 2.13. The molecule has 0 saturated heterocycles. The standard InChI is InChI=1S/C16H13ClFN5/c17-12-2-1-3-14(8-12)21-15-10-20-23-16(22-15)19-9-11-4-6-13(18)7-5-11/h1-8,10H,9H2,(H2,19,21,22,23). The van der Waals surface area contributed by atoms with Crippen molar-refractivity contribution in [2.45, 2.75) is 6.54 Å². The van der Waals surface area contributed by atoms with Crippen molar-refractivity contribution in [1.82, 2.24) is 15.2 Å². The average Bonchev–Trinajstić information content (AvgIpc) is 2.55. The van der Waals surface area contributed by atoms with Gasteiger partial charge in [-0.1, -0.05) is 29.8 Å². The minimum atomic E-state index is -0.264. The molecule has 116 valence electrons. The van der Waals surface area contributed by atoms with Gasteiger partial charge >= 0.3 is 0 Å². The van der Waals surface area contributed by atoms with Crippen molar-refractivity contribution in [2.24, 2.45) is 0 Å². The Morgan fingerprint density at radius 2 is 1.91 bits per heavy atom. The van der Waals surface area contributed by atoms with Gasteiger partial charge in [0.1, 0.15) is 5.82 Å². The molecule has 0 aliphatic heterocycles. The maximum Gasteiger partial charge on any atom is 0.244 e. The summed E-state index contributed by atoms with van der Waals surface area (Å²) < 4.78 is 12.9. The summed E-state index contributed by atoms with van der Waals surface area (Å²) in [5, 5.41) is 14.6. The van der Waals surface area contributed by atoms with E-state index in [4.69, 9.17) is 11.6 Å². The predicted octanol–water partition coefficient (Wildman–Crippen LogP) is 4.02. The molecule has 3 aromatic rings. The van der Waals surface area contributed by atoms with Crippen LogP contribution in [0.15, 0.2) is 54.7 Å². The van der Waals surface area contributed by atoms with Crippen LogP contribution in [0.1, 0.15) is 5.56 Å². The Morgan fingerprint density at radius 3 is 2.70 bits per heavy atom. The smallest absolute Gasteiger partial charge is 0.244 e. The molecule has 2 N–H and O–H groups in total.